The average Bonchev–Trinajstić information content (AvgIpc) is 3.16. The summed E-state index contributed by atoms with van der Waals surface area (Å²) in [5.74, 6) is 0.631. The lowest BCUT2D eigenvalue weighted by molar-refractivity contribution is 0.415. The summed E-state index contributed by atoms with van der Waals surface area (Å²) >= 11 is 0. The molecule has 0 saturated heterocycles. The molecule has 5 nitrogen and oxygen atoms in total. The average molecular weight is 421 g/mol. The zero-order valence-corrected chi connectivity index (χ0v) is 17.6. The molecule has 1 aromatic heterocycles. The van der Waals surface area contributed by atoms with Crippen molar-refractivity contribution in [2.24, 2.45) is 0 Å². The number of hydrogen-bond acceptors (Lipinski definition) is 4. The van der Waals surface area contributed by atoms with E-state index < -0.39 is 9.84 Å². The topological polar surface area (TPSA) is 60.3 Å². The molecule has 0 aliphatic heterocycles. The van der Waals surface area contributed by atoms with Crippen LogP contribution in [0, 0.1) is 0 Å². The van der Waals surface area contributed by atoms with Crippen LogP contribution in [0.1, 0.15) is 5.56 Å². The number of nitrogens with one attached hydrogen (secondary N) is 1. The van der Waals surface area contributed by atoms with E-state index in [1.807, 2.05) is 41.0 Å². The number of ether oxygens (including phenoxy) is 1. The van der Waals surface area contributed by atoms with E-state index in [4.69, 9.17) is 4.74 Å². The molecular formula is C24H24N2O3S. The molecular weight excluding hydrogens is 396 g/mol. The fraction of sp³-hybridized carbons (Fsp3) is 0.167. The summed E-state index contributed by atoms with van der Waals surface area (Å²) in [6.07, 6.45) is 1.73. The van der Waals surface area contributed by atoms with Crippen LogP contribution in [0.3, 0.4) is 0 Å². The lowest BCUT2D eigenvalue weighted by atomic mass is 10.2. The second-order valence-corrected chi connectivity index (χ2v) is 8.97. The summed E-state index contributed by atoms with van der Waals surface area (Å²) < 4.78 is 33.9. The first kappa shape index (κ1) is 20.2. The standard InChI is InChI=1S/C24H24N2O3S/c1-29-20-12-13-23-22(16-20)24(30(27,28)21-10-6-3-7-11-21)18-26(23)15-14-25-17-19-8-4-2-5-9-19/h2-13,16,18,25H,14-15,17H2,1H3. The Morgan fingerprint density at radius 2 is 1.63 bits per heavy atom. The summed E-state index contributed by atoms with van der Waals surface area (Å²) in [5.41, 5.74) is 2.08. The summed E-state index contributed by atoms with van der Waals surface area (Å²) in [4.78, 5) is 0.583. The Bertz CT molecular complexity index is 1230. The monoisotopic (exact) mass is 420 g/mol. The molecule has 0 amide bonds. The third-order valence-corrected chi connectivity index (χ3v) is 6.89. The smallest absolute Gasteiger partial charge is 0.208 e. The quantitative estimate of drug-likeness (QED) is 0.433. The number of sulfone groups is 1. The highest BCUT2D eigenvalue weighted by Crippen LogP contribution is 2.32. The highest BCUT2D eigenvalue weighted by molar-refractivity contribution is 7.91. The van der Waals surface area contributed by atoms with Crippen molar-refractivity contribution >= 4 is 20.7 Å². The second-order valence-electron chi connectivity index (χ2n) is 7.05. The van der Waals surface area contributed by atoms with Crippen LogP contribution in [0.5, 0.6) is 5.75 Å². The van der Waals surface area contributed by atoms with E-state index in [9.17, 15) is 8.42 Å². The maximum absolute atomic E-state index is 13.3. The third kappa shape index (κ3) is 4.10. The molecule has 0 atom stereocenters. The van der Waals surface area contributed by atoms with Crippen LogP contribution in [-0.2, 0) is 22.9 Å². The van der Waals surface area contributed by atoms with Gasteiger partial charge in [0.05, 0.1) is 16.9 Å². The lowest BCUT2D eigenvalue weighted by Gasteiger charge is -2.08. The molecule has 4 rings (SSSR count). The van der Waals surface area contributed by atoms with E-state index >= 15 is 0 Å². The number of benzene rings is 3. The molecule has 0 aliphatic carbocycles. The van der Waals surface area contributed by atoms with Crippen molar-refractivity contribution in [3.63, 3.8) is 0 Å². The molecule has 4 aromatic rings. The van der Waals surface area contributed by atoms with Gasteiger partial charge in [-0.15, -0.1) is 0 Å². The summed E-state index contributed by atoms with van der Waals surface area (Å²) in [6, 6.07) is 24.3. The van der Waals surface area contributed by atoms with E-state index in [1.54, 1.807) is 43.6 Å². The Morgan fingerprint density at radius 1 is 0.933 bits per heavy atom. The maximum Gasteiger partial charge on any atom is 0.208 e. The largest absolute Gasteiger partial charge is 0.497 e. The van der Waals surface area contributed by atoms with Crippen LogP contribution in [0.2, 0.25) is 0 Å². The zero-order valence-electron chi connectivity index (χ0n) is 16.8. The van der Waals surface area contributed by atoms with Gasteiger partial charge in [-0.1, -0.05) is 48.5 Å². The molecule has 0 spiro atoms. The predicted octanol–water partition coefficient (Wildman–Crippen LogP) is 4.27. The molecule has 0 unspecified atom stereocenters. The van der Waals surface area contributed by atoms with Crippen molar-refractivity contribution in [2.45, 2.75) is 22.9 Å². The molecule has 30 heavy (non-hydrogen) atoms. The fourth-order valence-electron chi connectivity index (χ4n) is 3.52. The van der Waals surface area contributed by atoms with Gasteiger partial charge in [0.1, 0.15) is 5.75 Å². The first-order valence-corrected chi connectivity index (χ1v) is 11.3. The summed E-state index contributed by atoms with van der Waals surface area (Å²) in [7, 11) is -2.06. The fourth-order valence-corrected chi connectivity index (χ4v) is 5.01. The lowest BCUT2D eigenvalue weighted by Crippen LogP contribution is -2.19. The number of hydrogen-bond donors (Lipinski definition) is 1. The molecule has 0 saturated carbocycles. The number of nitrogens with zero attached hydrogens (tertiary/aromatic N) is 1. The predicted molar refractivity (Wildman–Crippen MR) is 119 cm³/mol. The SMILES string of the molecule is COc1ccc2c(c1)c(S(=O)(=O)c1ccccc1)cn2CCNCc1ccccc1. The van der Waals surface area contributed by atoms with Gasteiger partial charge in [0.25, 0.3) is 0 Å². The molecule has 0 bridgehead atoms. The Hall–Kier alpha value is -3.09. The van der Waals surface area contributed by atoms with E-state index in [0.29, 0.717) is 22.6 Å². The number of methoxy groups -OCH3 is 1. The van der Waals surface area contributed by atoms with Gasteiger partial charge in [0.15, 0.2) is 0 Å². The molecule has 6 heteroatoms. The van der Waals surface area contributed by atoms with Crippen LogP contribution in [0.15, 0.2) is 94.9 Å². The Morgan fingerprint density at radius 3 is 2.33 bits per heavy atom. The number of fused-ring (bicyclic) bond motifs is 1. The van der Waals surface area contributed by atoms with Gasteiger partial charge < -0.3 is 14.6 Å². The third-order valence-electron chi connectivity index (χ3n) is 5.10. The van der Waals surface area contributed by atoms with Crippen LogP contribution in [0.25, 0.3) is 10.9 Å². The van der Waals surface area contributed by atoms with Gasteiger partial charge in [-0.2, -0.15) is 0 Å². The van der Waals surface area contributed by atoms with E-state index in [0.717, 1.165) is 18.6 Å². The Labute approximate surface area is 176 Å². The van der Waals surface area contributed by atoms with Gasteiger partial charge in [-0.25, -0.2) is 8.42 Å². The van der Waals surface area contributed by atoms with Gasteiger partial charge in [-0.05, 0) is 35.9 Å². The van der Waals surface area contributed by atoms with E-state index in [1.165, 1.54) is 5.56 Å². The summed E-state index contributed by atoms with van der Waals surface area (Å²) in [5, 5.41) is 4.09. The van der Waals surface area contributed by atoms with E-state index in [-0.39, 0.29) is 4.90 Å². The maximum atomic E-state index is 13.3. The highest BCUT2D eigenvalue weighted by Gasteiger charge is 2.23. The molecule has 154 valence electrons. The molecule has 0 fully saturated rings. The van der Waals surface area contributed by atoms with Gasteiger partial charge in [0, 0.05) is 36.7 Å². The molecule has 1 N–H and O–H groups in total. The van der Waals surface area contributed by atoms with Gasteiger partial charge in [-0.3, -0.25) is 0 Å². The van der Waals surface area contributed by atoms with Crippen molar-refractivity contribution in [1.82, 2.24) is 9.88 Å². The Balaban J connectivity index is 1.64. The van der Waals surface area contributed by atoms with Crippen molar-refractivity contribution in [1.29, 1.82) is 0 Å². The molecule has 3 aromatic carbocycles. The van der Waals surface area contributed by atoms with Crippen molar-refractivity contribution < 1.29 is 13.2 Å². The minimum atomic E-state index is -3.64. The van der Waals surface area contributed by atoms with Crippen LogP contribution in [-0.4, -0.2) is 26.6 Å². The molecule has 1 heterocycles. The molecule has 0 aliphatic rings. The minimum absolute atomic E-state index is 0.286. The van der Waals surface area contributed by atoms with E-state index in [2.05, 4.69) is 17.4 Å². The summed E-state index contributed by atoms with van der Waals surface area (Å²) in [6.45, 7) is 2.14. The minimum Gasteiger partial charge on any atom is -0.497 e. The Kier molecular flexibility index (Phi) is 5.88. The van der Waals surface area contributed by atoms with Crippen LogP contribution < -0.4 is 10.1 Å². The van der Waals surface area contributed by atoms with Crippen LogP contribution in [0.4, 0.5) is 0 Å². The number of aromatic nitrogens is 1. The van der Waals surface area contributed by atoms with Crippen molar-refractivity contribution in [2.75, 3.05) is 13.7 Å². The van der Waals surface area contributed by atoms with Crippen molar-refractivity contribution in [3.05, 3.63) is 90.6 Å². The normalized spacial score (nSPS) is 11.6. The first-order chi connectivity index (χ1) is 14.6. The first-order valence-electron chi connectivity index (χ1n) is 9.81. The van der Waals surface area contributed by atoms with Gasteiger partial charge >= 0.3 is 0 Å². The molecule has 0 radical (unpaired) electrons. The highest BCUT2D eigenvalue weighted by atomic mass is 32.2. The second kappa shape index (κ2) is 8.73. The van der Waals surface area contributed by atoms with Gasteiger partial charge in [0.2, 0.25) is 9.84 Å². The van der Waals surface area contributed by atoms with Crippen molar-refractivity contribution in [3.8, 4) is 5.75 Å². The number of rotatable bonds is 8. The van der Waals surface area contributed by atoms with Crippen LogP contribution >= 0.6 is 0 Å². The zero-order chi connectivity index (χ0) is 21.0.